The van der Waals surface area contributed by atoms with Crippen LogP contribution in [0.2, 0.25) is 0 Å². The third kappa shape index (κ3) is 3.33. The van der Waals surface area contributed by atoms with Crippen LogP contribution in [0.5, 0.6) is 0 Å². The highest BCUT2D eigenvalue weighted by molar-refractivity contribution is 5.58. The fourth-order valence-corrected chi connectivity index (χ4v) is 3.20. The third-order valence-electron chi connectivity index (χ3n) is 4.64. The summed E-state index contributed by atoms with van der Waals surface area (Å²) in [6, 6.07) is 6.94. The van der Waals surface area contributed by atoms with Gasteiger partial charge >= 0.3 is 0 Å². The van der Waals surface area contributed by atoms with Crippen molar-refractivity contribution in [1.29, 1.82) is 0 Å². The first-order valence-electron chi connectivity index (χ1n) is 8.25. The zero-order valence-electron chi connectivity index (χ0n) is 13.3. The van der Waals surface area contributed by atoms with Crippen molar-refractivity contribution < 1.29 is 0 Å². The summed E-state index contributed by atoms with van der Waals surface area (Å²) in [6.45, 7) is 0.896. The minimum Gasteiger partial charge on any atom is -0.342 e. The molecule has 23 heavy (non-hydrogen) atoms. The summed E-state index contributed by atoms with van der Waals surface area (Å²) in [7, 11) is 2.05. The SMILES string of the molecule is CN(CC1CC(C2CC2)NN1)c1nccc(-c2cccnc2)n1. The van der Waals surface area contributed by atoms with Gasteiger partial charge in [-0.05, 0) is 43.4 Å². The van der Waals surface area contributed by atoms with E-state index in [9.17, 15) is 0 Å². The highest BCUT2D eigenvalue weighted by atomic mass is 15.4. The van der Waals surface area contributed by atoms with Crippen LogP contribution in [0.3, 0.4) is 0 Å². The number of aromatic nitrogens is 3. The van der Waals surface area contributed by atoms with Crippen molar-refractivity contribution in [1.82, 2.24) is 25.8 Å². The molecule has 6 nitrogen and oxygen atoms in total. The third-order valence-corrected chi connectivity index (χ3v) is 4.64. The number of pyridine rings is 1. The molecule has 120 valence electrons. The lowest BCUT2D eigenvalue weighted by molar-refractivity contribution is 0.499. The molecule has 1 saturated carbocycles. The summed E-state index contributed by atoms with van der Waals surface area (Å²) in [5.74, 6) is 1.63. The lowest BCUT2D eigenvalue weighted by Crippen LogP contribution is -2.40. The predicted molar refractivity (Wildman–Crippen MR) is 89.7 cm³/mol. The Hall–Kier alpha value is -2.05. The molecule has 1 aliphatic carbocycles. The lowest BCUT2D eigenvalue weighted by Gasteiger charge is -2.21. The molecular formula is C17H22N6. The second-order valence-electron chi connectivity index (χ2n) is 6.53. The van der Waals surface area contributed by atoms with Gasteiger partial charge in [0.1, 0.15) is 0 Å². The van der Waals surface area contributed by atoms with Gasteiger partial charge in [-0.25, -0.2) is 9.97 Å². The summed E-state index contributed by atoms with van der Waals surface area (Å²) in [6.07, 6.45) is 9.34. The smallest absolute Gasteiger partial charge is 0.225 e. The van der Waals surface area contributed by atoms with Gasteiger partial charge in [-0.1, -0.05) is 0 Å². The average molecular weight is 310 g/mol. The van der Waals surface area contributed by atoms with Crippen LogP contribution in [0, 0.1) is 5.92 Å². The number of anilines is 1. The van der Waals surface area contributed by atoms with Crippen molar-refractivity contribution in [2.24, 2.45) is 5.92 Å². The zero-order valence-corrected chi connectivity index (χ0v) is 13.3. The first-order chi connectivity index (χ1) is 11.3. The van der Waals surface area contributed by atoms with Gasteiger partial charge in [0.2, 0.25) is 5.95 Å². The Balaban J connectivity index is 1.43. The molecule has 2 aliphatic rings. The van der Waals surface area contributed by atoms with E-state index in [0.29, 0.717) is 12.1 Å². The molecule has 2 N–H and O–H groups in total. The highest BCUT2D eigenvalue weighted by Crippen LogP contribution is 2.35. The lowest BCUT2D eigenvalue weighted by atomic mass is 10.1. The fraction of sp³-hybridized carbons (Fsp3) is 0.471. The first kappa shape index (κ1) is 14.5. The molecule has 0 spiro atoms. The van der Waals surface area contributed by atoms with Crippen LogP contribution in [0.15, 0.2) is 36.8 Å². The average Bonchev–Trinajstić information content (AvgIpc) is 3.36. The predicted octanol–water partition coefficient (Wildman–Crippen LogP) is 1.62. The Bertz CT molecular complexity index is 657. The summed E-state index contributed by atoms with van der Waals surface area (Å²) in [5, 5.41) is 0. The van der Waals surface area contributed by atoms with E-state index >= 15 is 0 Å². The molecule has 2 aromatic heterocycles. The van der Waals surface area contributed by atoms with Gasteiger partial charge in [-0.15, -0.1) is 0 Å². The maximum atomic E-state index is 4.68. The van der Waals surface area contributed by atoms with Gasteiger partial charge < -0.3 is 4.90 Å². The van der Waals surface area contributed by atoms with Crippen LogP contribution in [0.25, 0.3) is 11.3 Å². The second kappa shape index (κ2) is 6.22. The molecule has 0 radical (unpaired) electrons. The van der Waals surface area contributed by atoms with Crippen molar-refractivity contribution in [2.75, 3.05) is 18.5 Å². The number of nitrogens with one attached hydrogen (secondary N) is 2. The van der Waals surface area contributed by atoms with Crippen molar-refractivity contribution in [3.8, 4) is 11.3 Å². The van der Waals surface area contributed by atoms with E-state index in [0.717, 1.165) is 29.7 Å². The quantitative estimate of drug-likeness (QED) is 0.875. The molecule has 2 fully saturated rings. The number of hydrazine groups is 1. The number of rotatable bonds is 5. The molecule has 2 atom stereocenters. The molecule has 0 bridgehead atoms. The Labute approximate surface area is 136 Å². The second-order valence-corrected chi connectivity index (χ2v) is 6.53. The van der Waals surface area contributed by atoms with Gasteiger partial charge in [-0.2, -0.15) is 0 Å². The Kier molecular flexibility index (Phi) is 3.93. The van der Waals surface area contributed by atoms with Gasteiger partial charge in [0.05, 0.1) is 5.69 Å². The van der Waals surface area contributed by atoms with Crippen molar-refractivity contribution in [2.45, 2.75) is 31.3 Å². The summed E-state index contributed by atoms with van der Waals surface area (Å²) >= 11 is 0. The van der Waals surface area contributed by atoms with Gasteiger partial charge in [0.15, 0.2) is 0 Å². The van der Waals surface area contributed by atoms with Crippen LogP contribution in [0.1, 0.15) is 19.3 Å². The number of nitrogens with zero attached hydrogens (tertiary/aromatic N) is 4. The van der Waals surface area contributed by atoms with Crippen LogP contribution < -0.4 is 15.8 Å². The molecule has 1 saturated heterocycles. The molecule has 3 heterocycles. The van der Waals surface area contributed by atoms with Crippen LogP contribution in [-0.2, 0) is 0 Å². The van der Waals surface area contributed by atoms with Crippen molar-refractivity contribution in [3.05, 3.63) is 36.8 Å². The van der Waals surface area contributed by atoms with Crippen LogP contribution >= 0.6 is 0 Å². The number of likely N-dealkylation sites (N-methyl/N-ethyl adjacent to an activating group) is 1. The largest absolute Gasteiger partial charge is 0.342 e. The molecule has 6 heteroatoms. The zero-order chi connectivity index (χ0) is 15.6. The summed E-state index contributed by atoms with van der Waals surface area (Å²) < 4.78 is 0. The standard InChI is InChI=1S/C17H22N6/c1-23(11-14-9-16(22-21-14)12-4-5-12)17-19-8-6-15(20-17)13-3-2-7-18-10-13/h2-3,6-8,10,12,14,16,21-22H,4-5,9,11H2,1H3. The summed E-state index contributed by atoms with van der Waals surface area (Å²) in [4.78, 5) is 15.4. The van der Waals surface area contributed by atoms with E-state index in [1.54, 1.807) is 6.20 Å². The van der Waals surface area contributed by atoms with E-state index in [1.165, 1.54) is 19.3 Å². The molecule has 1 aliphatic heterocycles. The maximum absolute atomic E-state index is 4.68. The van der Waals surface area contributed by atoms with E-state index in [4.69, 9.17) is 0 Å². The molecule has 0 aromatic carbocycles. The monoisotopic (exact) mass is 310 g/mol. The molecule has 2 aromatic rings. The van der Waals surface area contributed by atoms with Crippen LogP contribution in [-0.4, -0.2) is 40.6 Å². The van der Waals surface area contributed by atoms with Crippen molar-refractivity contribution >= 4 is 5.95 Å². The maximum Gasteiger partial charge on any atom is 0.225 e. The molecule has 2 unspecified atom stereocenters. The van der Waals surface area contributed by atoms with E-state index < -0.39 is 0 Å². The Morgan fingerprint density at radius 2 is 2.13 bits per heavy atom. The number of hydrogen-bond donors (Lipinski definition) is 2. The molecular weight excluding hydrogens is 288 g/mol. The minimum atomic E-state index is 0.441. The highest BCUT2D eigenvalue weighted by Gasteiger charge is 2.36. The Morgan fingerprint density at radius 1 is 1.22 bits per heavy atom. The van der Waals surface area contributed by atoms with E-state index in [-0.39, 0.29) is 0 Å². The first-order valence-corrected chi connectivity index (χ1v) is 8.25. The fourth-order valence-electron chi connectivity index (χ4n) is 3.20. The van der Waals surface area contributed by atoms with Crippen LogP contribution in [0.4, 0.5) is 5.95 Å². The molecule has 0 amide bonds. The van der Waals surface area contributed by atoms with Gasteiger partial charge in [0, 0.05) is 49.8 Å². The normalized spacial score (nSPS) is 23.9. The molecule has 4 rings (SSSR count). The number of hydrogen-bond acceptors (Lipinski definition) is 6. The Morgan fingerprint density at radius 3 is 2.91 bits per heavy atom. The van der Waals surface area contributed by atoms with E-state index in [2.05, 4.69) is 37.8 Å². The topological polar surface area (TPSA) is 66.0 Å². The van der Waals surface area contributed by atoms with E-state index in [1.807, 2.05) is 30.6 Å². The summed E-state index contributed by atoms with van der Waals surface area (Å²) in [5.41, 5.74) is 8.77. The van der Waals surface area contributed by atoms with Gasteiger partial charge in [0.25, 0.3) is 0 Å². The minimum absolute atomic E-state index is 0.441. The van der Waals surface area contributed by atoms with Crippen molar-refractivity contribution in [3.63, 3.8) is 0 Å². The van der Waals surface area contributed by atoms with Gasteiger partial charge in [-0.3, -0.25) is 15.8 Å².